The van der Waals surface area contributed by atoms with E-state index >= 15 is 0 Å². The van der Waals surface area contributed by atoms with Crippen molar-refractivity contribution in [1.29, 1.82) is 0 Å². The smallest absolute Gasteiger partial charge is 0.282 e. The lowest BCUT2D eigenvalue weighted by molar-refractivity contribution is -0.385. The van der Waals surface area contributed by atoms with Crippen LogP contribution in [-0.4, -0.2) is 27.2 Å². The van der Waals surface area contributed by atoms with Crippen LogP contribution in [0.2, 0.25) is 0 Å². The Kier molecular flexibility index (Phi) is 5.26. The number of rotatable bonds is 5. The molecule has 1 aromatic carbocycles. The molecule has 1 amide bonds. The molecule has 8 nitrogen and oxygen atoms in total. The monoisotopic (exact) mass is 437 g/mol. The number of carbonyl (C=O) groups excluding carboxylic acids is 1. The molecule has 0 atom stereocenters. The topological polar surface area (TPSA) is 110 Å². The van der Waals surface area contributed by atoms with Gasteiger partial charge in [-0.15, -0.1) is 21.5 Å². The third-order valence-electron chi connectivity index (χ3n) is 2.88. The van der Waals surface area contributed by atoms with Gasteiger partial charge in [-0.2, -0.15) is 0 Å². The number of aliphatic imine (C=N–C) groups is 1. The number of thiophene rings is 1. The number of hydrogen-bond donors (Lipinski definition) is 1. The SMILES string of the molecule is O=C(Nc1nnc(/N=C/c2ccc(Br)s2)s1)c1ccccc1[N+](=O)[O-]. The highest BCUT2D eigenvalue weighted by atomic mass is 79.9. The first-order valence-corrected chi connectivity index (χ1v) is 9.13. The van der Waals surface area contributed by atoms with Crippen molar-refractivity contribution in [3.05, 3.63) is 60.7 Å². The fourth-order valence-corrected chi connectivity index (χ4v) is 3.70. The lowest BCUT2D eigenvalue weighted by Crippen LogP contribution is -2.13. The Balaban J connectivity index is 1.72. The van der Waals surface area contributed by atoms with E-state index in [1.807, 2.05) is 12.1 Å². The molecule has 0 aliphatic rings. The number of halogens is 1. The molecule has 126 valence electrons. The maximum atomic E-state index is 12.2. The minimum absolute atomic E-state index is 0.0452. The Morgan fingerprint density at radius 3 is 2.76 bits per heavy atom. The minimum Gasteiger partial charge on any atom is -0.296 e. The molecule has 0 fully saturated rings. The summed E-state index contributed by atoms with van der Waals surface area (Å²) in [7, 11) is 0. The fourth-order valence-electron chi connectivity index (χ4n) is 1.82. The van der Waals surface area contributed by atoms with Crippen molar-refractivity contribution in [1.82, 2.24) is 10.2 Å². The first kappa shape index (κ1) is 17.3. The second-order valence-electron chi connectivity index (χ2n) is 4.52. The van der Waals surface area contributed by atoms with Gasteiger partial charge >= 0.3 is 0 Å². The van der Waals surface area contributed by atoms with Crippen molar-refractivity contribution >= 4 is 66.7 Å². The van der Waals surface area contributed by atoms with Crippen LogP contribution < -0.4 is 5.32 Å². The van der Waals surface area contributed by atoms with Gasteiger partial charge in [0, 0.05) is 17.2 Å². The van der Waals surface area contributed by atoms with Gasteiger partial charge in [0.25, 0.3) is 11.6 Å². The number of benzene rings is 1. The Labute approximate surface area is 157 Å². The number of hydrogen-bond acceptors (Lipinski definition) is 8. The molecule has 1 N–H and O–H groups in total. The number of carbonyl (C=O) groups is 1. The normalized spacial score (nSPS) is 10.9. The quantitative estimate of drug-likeness (QED) is 0.363. The van der Waals surface area contributed by atoms with Crippen LogP contribution >= 0.6 is 38.6 Å². The Bertz CT molecular complexity index is 969. The zero-order chi connectivity index (χ0) is 17.8. The molecule has 11 heteroatoms. The predicted octanol–water partition coefficient (Wildman–Crippen LogP) is 4.27. The summed E-state index contributed by atoms with van der Waals surface area (Å²) in [5.74, 6) is -0.624. The molecule has 0 radical (unpaired) electrons. The highest BCUT2D eigenvalue weighted by molar-refractivity contribution is 9.11. The number of para-hydroxylation sites is 1. The molecule has 0 unspecified atom stereocenters. The van der Waals surface area contributed by atoms with Gasteiger partial charge in [0.05, 0.1) is 8.71 Å². The van der Waals surface area contributed by atoms with Crippen LogP contribution in [0.4, 0.5) is 16.0 Å². The zero-order valence-electron chi connectivity index (χ0n) is 12.2. The molecule has 2 heterocycles. The minimum atomic E-state index is -0.624. The Morgan fingerprint density at radius 1 is 1.24 bits per heavy atom. The van der Waals surface area contributed by atoms with Crippen LogP contribution in [0.1, 0.15) is 15.2 Å². The summed E-state index contributed by atoms with van der Waals surface area (Å²) in [4.78, 5) is 27.7. The second-order valence-corrected chi connectivity index (χ2v) is 7.97. The maximum Gasteiger partial charge on any atom is 0.282 e. The molecule has 0 spiro atoms. The van der Waals surface area contributed by atoms with E-state index in [0.29, 0.717) is 5.13 Å². The summed E-state index contributed by atoms with van der Waals surface area (Å²) in [5, 5.41) is 21.7. The van der Waals surface area contributed by atoms with E-state index in [1.54, 1.807) is 12.3 Å². The summed E-state index contributed by atoms with van der Waals surface area (Å²) in [5.41, 5.74) is -0.317. The standard InChI is InChI=1S/C14H8BrN5O3S2/c15-11-6-5-8(24-11)7-16-13-18-19-14(25-13)17-12(21)9-3-1-2-4-10(9)20(22)23/h1-7H,(H,17,19,21)/b16-7+. The van der Waals surface area contributed by atoms with Gasteiger partial charge in [0.1, 0.15) is 5.56 Å². The number of nitrogens with zero attached hydrogens (tertiary/aromatic N) is 4. The van der Waals surface area contributed by atoms with Crippen molar-refractivity contribution in [2.75, 3.05) is 5.32 Å². The summed E-state index contributed by atoms with van der Waals surface area (Å²) in [6.45, 7) is 0. The lowest BCUT2D eigenvalue weighted by atomic mass is 10.1. The molecule has 25 heavy (non-hydrogen) atoms. The molecule has 3 rings (SSSR count). The predicted molar refractivity (Wildman–Crippen MR) is 100 cm³/mol. The Hall–Kier alpha value is -2.50. The molecule has 0 aliphatic carbocycles. The third-order valence-corrected chi connectivity index (χ3v) is 5.18. The van der Waals surface area contributed by atoms with Crippen molar-refractivity contribution < 1.29 is 9.72 Å². The first-order valence-electron chi connectivity index (χ1n) is 6.70. The van der Waals surface area contributed by atoms with E-state index in [0.717, 1.165) is 20.0 Å². The maximum absolute atomic E-state index is 12.2. The molecular weight excluding hydrogens is 430 g/mol. The number of nitrogens with one attached hydrogen (secondary N) is 1. The van der Waals surface area contributed by atoms with Crippen LogP contribution in [0.15, 0.2) is 45.2 Å². The fraction of sp³-hybridized carbons (Fsp3) is 0. The van der Waals surface area contributed by atoms with E-state index in [-0.39, 0.29) is 16.4 Å². The highest BCUT2D eigenvalue weighted by Crippen LogP contribution is 2.26. The molecule has 3 aromatic rings. The summed E-state index contributed by atoms with van der Waals surface area (Å²) < 4.78 is 0.989. The van der Waals surface area contributed by atoms with Gasteiger partial charge < -0.3 is 0 Å². The third kappa shape index (κ3) is 4.32. The van der Waals surface area contributed by atoms with E-state index in [9.17, 15) is 14.9 Å². The number of nitro benzene ring substituents is 1. The summed E-state index contributed by atoms with van der Waals surface area (Å²) >= 11 is 5.95. The molecule has 0 saturated carbocycles. The molecule has 0 bridgehead atoms. The largest absolute Gasteiger partial charge is 0.296 e. The van der Waals surface area contributed by atoms with Crippen molar-refractivity contribution in [2.24, 2.45) is 4.99 Å². The average Bonchev–Trinajstić information content (AvgIpc) is 3.21. The lowest BCUT2D eigenvalue weighted by Gasteiger charge is -2.01. The second kappa shape index (κ2) is 7.59. The van der Waals surface area contributed by atoms with E-state index < -0.39 is 10.8 Å². The van der Waals surface area contributed by atoms with E-state index in [2.05, 4.69) is 36.4 Å². The van der Waals surface area contributed by atoms with Gasteiger partial charge in [0.2, 0.25) is 10.3 Å². The van der Waals surface area contributed by atoms with Gasteiger partial charge in [0.15, 0.2) is 0 Å². The van der Waals surface area contributed by atoms with Crippen LogP contribution in [0, 0.1) is 10.1 Å². The van der Waals surface area contributed by atoms with Crippen LogP contribution in [0.25, 0.3) is 0 Å². The number of amides is 1. The molecule has 2 aromatic heterocycles. The van der Waals surface area contributed by atoms with Crippen LogP contribution in [0.5, 0.6) is 0 Å². The molecule has 0 saturated heterocycles. The highest BCUT2D eigenvalue weighted by Gasteiger charge is 2.20. The van der Waals surface area contributed by atoms with E-state index in [4.69, 9.17) is 0 Å². The number of aromatic nitrogens is 2. The van der Waals surface area contributed by atoms with Crippen molar-refractivity contribution in [3.8, 4) is 0 Å². The van der Waals surface area contributed by atoms with Gasteiger partial charge in [-0.05, 0) is 34.1 Å². The molecule has 0 aliphatic heterocycles. The summed E-state index contributed by atoms with van der Waals surface area (Å²) in [6, 6.07) is 9.50. The number of anilines is 1. The zero-order valence-corrected chi connectivity index (χ0v) is 15.5. The van der Waals surface area contributed by atoms with Gasteiger partial charge in [-0.1, -0.05) is 23.5 Å². The van der Waals surface area contributed by atoms with Crippen molar-refractivity contribution in [3.63, 3.8) is 0 Å². The van der Waals surface area contributed by atoms with E-state index in [1.165, 1.54) is 29.5 Å². The number of nitro groups is 1. The van der Waals surface area contributed by atoms with Crippen LogP contribution in [0.3, 0.4) is 0 Å². The Morgan fingerprint density at radius 2 is 2.04 bits per heavy atom. The van der Waals surface area contributed by atoms with Gasteiger partial charge in [-0.25, -0.2) is 4.99 Å². The van der Waals surface area contributed by atoms with Gasteiger partial charge in [-0.3, -0.25) is 20.2 Å². The first-order chi connectivity index (χ1) is 12.0. The average molecular weight is 438 g/mol. The summed E-state index contributed by atoms with van der Waals surface area (Å²) in [6.07, 6.45) is 1.64. The van der Waals surface area contributed by atoms with Crippen molar-refractivity contribution in [2.45, 2.75) is 0 Å². The molecular formula is C14H8BrN5O3S2. The van der Waals surface area contributed by atoms with Crippen LogP contribution in [-0.2, 0) is 0 Å².